The van der Waals surface area contributed by atoms with E-state index in [1.165, 1.54) is 12.8 Å². The van der Waals surface area contributed by atoms with Crippen LogP contribution in [0.3, 0.4) is 0 Å². The Balaban J connectivity index is 1.91. The fourth-order valence-corrected chi connectivity index (χ4v) is 8.77. The Kier molecular flexibility index (Phi) is 7.08. The zero-order valence-corrected chi connectivity index (χ0v) is 26.1. The van der Waals surface area contributed by atoms with E-state index in [4.69, 9.17) is 13.6 Å². The topological polar surface area (TPSA) is 44.8 Å². The maximum absolute atomic E-state index is 12.8. The van der Waals surface area contributed by atoms with E-state index in [9.17, 15) is 4.79 Å². The van der Waals surface area contributed by atoms with Gasteiger partial charge in [-0.3, -0.25) is 0 Å². The molecule has 0 aliphatic heterocycles. The molecule has 2 atom stereocenters. The second-order valence-electron chi connectivity index (χ2n) is 15.5. The van der Waals surface area contributed by atoms with Crippen molar-refractivity contribution < 1.29 is 18.4 Å². The van der Waals surface area contributed by atoms with Crippen LogP contribution in [0.4, 0.5) is 0 Å². The molecule has 4 bridgehead atoms. The van der Waals surface area contributed by atoms with Crippen LogP contribution in [0.5, 0.6) is 0 Å². The second kappa shape index (κ2) is 8.56. The lowest BCUT2D eigenvalue weighted by atomic mass is 9.43. The molecule has 0 spiro atoms. The van der Waals surface area contributed by atoms with Gasteiger partial charge in [0.15, 0.2) is 16.6 Å². The number of hydrogen-bond acceptors (Lipinski definition) is 4. The minimum Gasteiger partial charge on any atom is -0.456 e. The van der Waals surface area contributed by atoms with Crippen LogP contribution in [0, 0.1) is 16.7 Å². The molecule has 0 heterocycles. The van der Waals surface area contributed by atoms with Gasteiger partial charge in [0.25, 0.3) is 0 Å². The molecule has 4 fully saturated rings. The monoisotopic (exact) mass is 508 g/mol. The quantitative estimate of drug-likeness (QED) is 0.190. The third-order valence-corrected chi connectivity index (χ3v) is 19.0. The van der Waals surface area contributed by atoms with Crippen LogP contribution in [0.2, 0.25) is 36.3 Å². The molecule has 2 unspecified atom stereocenters. The molecule has 0 aromatic heterocycles. The smallest absolute Gasteiger partial charge is 0.333 e. The first kappa shape index (κ1) is 28.1. The number of ether oxygens (including phenoxy) is 1. The summed E-state index contributed by atoms with van der Waals surface area (Å²) in [6.07, 6.45) is 6.34. The third-order valence-electron chi connectivity index (χ3n) is 10.00. The van der Waals surface area contributed by atoms with Gasteiger partial charge in [-0.2, -0.15) is 0 Å². The average Bonchev–Trinajstić information content (AvgIpc) is 2.62. The van der Waals surface area contributed by atoms with Crippen molar-refractivity contribution in [3.8, 4) is 0 Å². The highest BCUT2D eigenvalue weighted by Crippen LogP contribution is 2.68. The van der Waals surface area contributed by atoms with E-state index in [2.05, 4.69) is 74.3 Å². The molecule has 6 heteroatoms. The van der Waals surface area contributed by atoms with Gasteiger partial charge < -0.3 is 13.6 Å². The molecule has 0 aromatic rings. The molecule has 4 rings (SSSR count). The highest BCUT2D eigenvalue weighted by atomic mass is 28.4. The number of rotatable bonds is 8. The summed E-state index contributed by atoms with van der Waals surface area (Å²) in [5.74, 6) is 0.336. The van der Waals surface area contributed by atoms with E-state index in [-0.39, 0.29) is 26.9 Å². The third kappa shape index (κ3) is 5.45. The van der Waals surface area contributed by atoms with E-state index in [1.807, 2.05) is 0 Å². The largest absolute Gasteiger partial charge is 0.456 e. The molecule has 34 heavy (non-hydrogen) atoms. The van der Waals surface area contributed by atoms with Gasteiger partial charge in [-0.05, 0) is 98.5 Å². The molecule has 0 radical (unpaired) electrons. The van der Waals surface area contributed by atoms with Crippen molar-refractivity contribution in [1.29, 1.82) is 0 Å². The Labute approximate surface area is 211 Å². The highest BCUT2D eigenvalue weighted by Gasteiger charge is 2.65. The second-order valence-corrected chi connectivity index (χ2v) is 25.1. The summed E-state index contributed by atoms with van der Waals surface area (Å²) < 4.78 is 20.1. The Hall–Kier alpha value is -0.436. The van der Waals surface area contributed by atoms with E-state index in [0.717, 1.165) is 38.9 Å². The van der Waals surface area contributed by atoms with E-state index in [1.54, 1.807) is 6.92 Å². The molecule has 0 N–H and O–H groups in total. The Morgan fingerprint density at radius 1 is 0.824 bits per heavy atom. The van der Waals surface area contributed by atoms with Crippen molar-refractivity contribution in [2.24, 2.45) is 16.7 Å². The molecule has 0 aromatic carbocycles. The lowest BCUT2D eigenvalue weighted by Gasteiger charge is -2.66. The normalized spacial score (nSPS) is 33.8. The molecule has 196 valence electrons. The van der Waals surface area contributed by atoms with Crippen LogP contribution < -0.4 is 0 Å². The van der Waals surface area contributed by atoms with Gasteiger partial charge in [0.05, 0.1) is 0 Å². The first-order valence-electron chi connectivity index (χ1n) is 13.3. The van der Waals surface area contributed by atoms with Crippen molar-refractivity contribution in [3.05, 3.63) is 12.2 Å². The maximum atomic E-state index is 12.8. The fraction of sp³-hybridized carbons (Fsp3) is 0.893. The summed E-state index contributed by atoms with van der Waals surface area (Å²) in [5.41, 5.74) is 0.236. The van der Waals surface area contributed by atoms with Crippen LogP contribution in [-0.2, 0) is 18.4 Å². The lowest BCUT2D eigenvalue weighted by Crippen LogP contribution is -2.64. The van der Waals surface area contributed by atoms with Crippen LogP contribution in [0.1, 0.15) is 87.0 Å². The van der Waals surface area contributed by atoms with Crippen molar-refractivity contribution in [2.45, 2.75) is 129 Å². The number of carbonyl (C=O) groups excluding carboxylic acids is 1. The minimum absolute atomic E-state index is 0.0705. The Bertz CT molecular complexity index is 771. The fourth-order valence-electron chi connectivity index (χ4n) is 6.57. The van der Waals surface area contributed by atoms with E-state index in [0.29, 0.717) is 11.5 Å². The zero-order valence-electron chi connectivity index (χ0n) is 24.1. The summed E-state index contributed by atoms with van der Waals surface area (Å²) in [4.78, 5) is 12.8. The van der Waals surface area contributed by atoms with E-state index < -0.39 is 22.2 Å². The van der Waals surface area contributed by atoms with Gasteiger partial charge in [0.1, 0.15) is 5.60 Å². The molecular weight excluding hydrogens is 456 g/mol. The number of esters is 1. The Morgan fingerprint density at radius 2 is 1.24 bits per heavy atom. The molecule has 4 saturated carbocycles. The lowest BCUT2D eigenvalue weighted by molar-refractivity contribution is -0.230. The van der Waals surface area contributed by atoms with Crippen LogP contribution in [-0.4, -0.2) is 41.4 Å². The number of carbonyl (C=O) groups is 1. The van der Waals surface area contributed by atoms with Crippen molar-refractivity contribution in [1.82, 2.24) is 0 Å². The average molecular weight is 509 g/mol. The zero-order chi connectivity index (χ0) is 26.0. The SMILES string of the molecule is C=C(C)C(=O)OC12CC3CC(CO[Si](C)(C)C(C)(C)C)(CC(CO[Si](C)(C)C(C)(C)C)(C3)C1)C2. The molecule has 4 aliphatic carbocycles. The van der Waals surface area contributed by atoms with Crippen molar-refractivity contribution in [3.63, 3.8) is 0 Å². The summed E-state index contributed by atoms with van der Waals surface area (Å²) in [7, 11) is -3.75. The molecule has 4 nitrogen and oxygen atoms in total. The summed E-state index contributed by atoms with van der Waals surface area (Å²) >= 11 is 0. The summed E-state index contributed by atoms with van der Waals surface area (Å²) in [6, 6.07) is 0. The summed E-state index contributed by atoms with van der Waals surface area (Å²) in [6.45, 7) is 30.4. The van der Waals surface area contributed by atoms with Gasteiger partial charge in [-0.15, -0.1) is 0 Å². The summed E-state index contributed by atoms with van der Waals surface area (Å²) in [5, 5.41) is 0.366. The Morgan fingerprint density at radius 3 is 1.59 bits per heavy atom. The molecule has 0 amide bonds. The minimum atomic E-state index is -1.88. The highest BCUT2D eigenvalue weighted by molar-refractivity contribution is 6.74. The van der Waals surface area contributed by atoms with Crippen molar-refractivity contribution >= 4 is 22.6 Å². The van der Waals surface area contributed by atoms with Gasteiger partial charge in [-0.1, -0.05) is 48.1 Å². The number of hydrogen-bond donors (Lipinski definition) is 0. The van der Waals surface area contributed by atoms with Crippen LogP contribution in [0.25, 0.3) is 0 Å². The van der Waals surface area contributed by atoms with E-state index >= 15 is 0 Å². The van der Waals surface area contributed by atoms with Gasteiger partial charge >= 0.3 is 5.97 Å². The van der Waals surface area contributed by atoms with Gasteiger partial charge in [-0.25, -0.2) is 4.79 Å². The van der Waals surface area contributed by atoms with Crippen LogP contribution in [0.15, 0.2) is 12.2 Å². The van der Waals surface area contributed by atoms with Gasteiger partial charge in [0.2, 0.25) is 0 Å². The predicted molar refractivity (Wildman–Crippen MR) is 146 cm³/mol. The molecule has 4 aliphatic rings. The van der Waals surface area contributed by atoms with Crippen LogP contribution >= 0.6 is 0 Å². The maximum Gasteiger partial charge on any atom is 0.333 e. The van der Waals surface area contributed by atoms with Gasteiger partial charge in [0, 0.05) is 18.8 Å². The van der Waals surface area contributed by atoms with Crippen molar-refractivity contribution in [2.75, 3.05) is 13.2 Å². The predicted octanol–water partition coefficient (Wildman–Crippen LogP) is 7.86. The molecular formula is C28H52O4Si2. The first-order chi connectivity index (χ1) is 15.1. The molecule has 0 saturated heterocycles. The standard InChI is InChI=1S/C28H52O4Si2/c1-21(2)23(29)32-28-15-22-13-26(17-28,19-30-33(9,10)24(3,4)5)16-27(14-22,18-28)20-31-34(11,12)25(6,7)8/h22H,1,13-20H2,2-12H3. The first-order valence-corrected chi connectivity index (χ1v) is 19.1.